The second-order valence-electron chi connectivity index (χ2n) is 6.18. The molecule has 144 valence electrons. The van der Waals surface area contributed by atoms with E-state index in [-0.39, 0.29) is 13.0 Å². The number of hydrogen-bond donors (Lipinski definition) is 0. The summed E-state index contributed by atoms with van der Waals surface area (Å²) in [5.41, 5.74) is 0. The Bertz CT molecular complexity index is 631. The lowest BCUT2D eigenvalue weighted by atomic mass is 9.93. The van der Waals surface area contributed by atoms with Gasteiger partial charge in [0, 0.05) is 27.7 Å². The van der Waals surface area contributed by atoms with E-state index in [0.29, 0.717) is 0 Å². The van der Waals surface area contributed by atoms with Crippen LogP contribution in [0.15, 0.2) is 0 Å². The predicted molar refractivity (Wildman–Crippen MR) is 82.3 cm³/mol. The predicted octanol–water partition coefficient (Wildman–Crippen LogP) is -0.672. The van der Waals surface area contributed by atoms with Crippen molar-refractivity contribution in [2.75, 3.05) is 6.54 Å². The minimum atomic E-state index is -1.06. The summed E-state index contributed by atoms with van der Waals surface area (Å²) in [6.07, 6.45) is -4.26. The van der Waals surface area contributed by atoms with Gasteiger partial charge in [0.05, 0.1) is 13.0 Å². The normalized spacial score (nSPS) is 30.2. The first-order valence-corrected chi connectivity index (χ1v) is 8.08. The molecule has 2 rings (SSSR count). The van der Waals surface area contributed by atoms with Crippen molar-refractivity contribution in [3.63, 3.8) is 0 Å². The Morgan fingerprint density at radius 2 is 1.19 bits per heavy atom. The van der Waals surface area contributed by atoms with Crippen molar-refractivity contribution in [1.82, 2.24) is 4.90 Å². The highest BCUT2D eigenvalue weighted by atomic mass is 16.6. The van der Waals surface area contributed by atoms with Crippen LogP contribution in [0.4, 0.5) is 0 Å². The Hall–Kier alpha value is -2.65. The lowest BCUT2D eigenvalue weighted by molar-refractivity contribution is -0.189. The monoisotopic (exact) mass is 371 g/mol. The number of esters is 4. The highest BCUT2D eigenvalue weighted by Crippen LogP contribution is 2.35. The maximum absolute atomic E-state index is 12.5. The van der Waals surface area contributed by atoms with Crippen LogP contribution in [0.2, 0.25) is 0 Å². The van der Waals surface area contributed by atoms with E-state index in [1.807, 2.05) is 0 Å². The Kier molecular flexibility index (Phi) is 5.83. The third-order valence-corrected chi connectivity index (χ3v) is 4.08. The number of nitrogens with zero attached hydrogens (tertiary/aromatic N) is 1. The summed E-state index contributed by atoms with van der Waals surface area (Å²) in [6, 6.07) is -0.933. The van der Waals surface area contributed by atoms with Crippen molar-refractivity contribution in [1.29, 1.82) is 0 Å². The van der Waals surface area contributed by atoms with E-state index >= 15 is 0 Å². The number of piperidine rings is 1. The molecule has 0 aromatic carbocycles. The molecule has 5 atom stereocenters. The molecule has 1 amide bonds. The van der Waals surface area contributed by atoms with E-state index < -0.39 is 60.2 Å². The average Bonchev–Trinajstić information content (AvgIpc) is 2.80. The molecule has 0 bridgehead atoms. The topological polar surface area (TPSA) is 126 Å². The summed E-state index contributed by atoms with van der Waals surface area (Å²) in [6.45, 7) is 4.68. The number of carbonyl (C=O) groups is 5. The molecule has 0 radical (unpaired) electrons. The SMILES string of the molecule is CC(=O)O[C@H]1[C@@H]2[C@H](OC(C)=O)[C@H](OC(C)=O)CN2C(=O)C[C@@H]1OC(C)=O. The van der Waals surface area contributed by atoms with E-state index in [2.05, 4.69) is 0 Å². The third kappa shape index (κ3) is 4.30. The molecule has 2 fully saturated rings. The van der Waals surface area contributed by atoms with Gasteiger partial charge in [0.1, 0.15) is 12.1 Å². The number of hydrogen-bond acceptors (Lipinski definition) is 9. The van der Waals surface area contributed by atoms with Gasteiger partial charge in [0.25, 0.3) is 0 Å². The maximum atomic E-state index is 12.5. The van der Waals surface area contributed by atoms with Gasteiger partial charge in [-0.2, -0.15) is 0 Å². The van der Waals surface area contributed by atoms with Crippen molar-refractivity contribution >= 4 is 29.8 Å². The molecule has 0 aromatic heterocycles. The molecule has 26 heavy (non-hydrogen) atoms. The number of ether oxygens (including phenoxy) is 4. The van der Waals surface area contributed by atoms with Crippen LogP contribution in [0.5, 0.6) is 0 Å². The van der Waals surface area contributed by atoms with Crippen molar-refractivity contribution in [3.8, 4) is 0 Å². The summed E-state index contributed by atoms with van der Waals surface area (Å²) in [5.74, 6) is -2.96. The molecule has 0 saturated carbocycles. The van der Waals surface area contributed by atoms with E-state index in [9.17, 15) is 24.0 Å². The molecule has 10 nitrogen and oxygen atoms in total. The first kappa shape index (κ1) is 19.7. The second kappa shape index (κ2) is 7.71. The first-order chi connectivity index (χ1) is 12.1. The molecule has 2 aliphatic heterocycles. The number of amides is 1. The van der Waals surface area contributed by atoms with Crippen molar-refractivity contribution < 1.29 is 42.9 Å². The molecule has 2 heterocycles. The Balaban J connectivity index is 2.40. The van der Waals surface area contributed by atoms with E-state index in [0.717, 1.165) is 0 Å². The van der Waals surface area contributed by atoms with Gasteiger partial charge in [-0.05, 0) is 0 Å². The molecule has 2 aliphatic rings. The highest BCUT2D eigenvalue weighted by molar-refractivity contribution is 5.80. The lowest BCUT2D eigenvalue weighted by Gasteiger charge is -2.41. The Labute approximate surface area is 149 Å². The Morgan fingerprint density at radius 1 is 0.769 bits per heavy atom. The van der Waals surface area contributed by atoms with Gasteiger partial charge in [-0.3, -0.25) is 24.0 Å². The number of carbonyl (C=O) groups excluding carboxylic acids is 5. The first-order valence-electron chi connectivity index (χ1n) is 8.08. The minimum absolute atomic E-state index is 0.0222. The Morgan fingerprint density at radius 3 is 1.65 bits per heavy atom. The molecular weight excluding hydrogens is 350 g/mol. The van der Waals surface area contributed by atoms with Gasteiger partial charge in [0.15, 0.2) is 18.3 Å². The lowest BCUT2D eigenvalue weighted by Crippen LogP contribution is -2.60. The maximum Gasteiger partial charge on any atom is 0.303 e. The summed E-state index contributed by atoms with van der Waals surface area (Å²) in [4.78, 5) is 59.6. The third-order valence-electron chi connectivity index (χ3n) is 4.08. The van der Waals surface area contributed by atoms with Crippen molar-refractivity contribution in [2.45, 2.75) is 64.6 Å². The standard InChI is InChI=1S/C16H21NO9/c1-7(18)23-11-5-13(22)17-6-12(24-8(2)19)16(26-10(4)21)14(17)15(11)25-9(3)20/h11-12,14-16H,5-6H2,1-4H3/t11-,12+,14+,15+,16+/m0/s1. The van der Waals surface area contributed by atoms with Crippen molar-refractivity contribution in [2.24, 2.45) is 0 Å². The molecule has 0 aliphatic carbocycles. The van der Waals surface area contributed by atoms with Crippen LogP contribution >= 0.6 is 0 Å². The summed E-state index contributed by atoms with van der Waals surface area (Å²) in [7, 11) is 0. The number of fused-ring (bicyclic) bond motifs is 1. The molecule has 0 N–H and O–H groups in total. The average molecular weight is 371 g/mol. The second-order valence-corrected chi connectivity index (χ2v) is 6.18. The van der Waals surface area contributed by atoms with Gasteiger partial charge in [-0.1, -0.05) is 0 Å². The zero-order chi connectivity index (χ0) is 19.6. The van der Waals surface area contributed by atoms with Crippen LogP contribution in [0, 0.1) is 0 Å². The van der Waals surface area contributed by atoms with Gasteiger partial charge < -0.3 is 23.8 Å². The molecule has 0 spiro atoms. The molecular formula is C16H21NO9. The smallest absolute Gasteiger partial charge is 0.303 e. The fourth-order valence-corrected chi connectivity index (χ4v) is 3.39. The molecule has 0 unspecified atom stereocenters. The van der Waals surface area contributed by atoms with Crippen LogP contribution in [0.25, 0.3) is 0 Å². The molecule has 2 saturated heterocycles. The van der Waals surface area contributed by atoms with E-state index in [4.69, 9.17) is 18.9 Å². The zero-order valence-electron chi connectivity index (χ0n) is 14.9. The summed E-state index contributed by atoms with van der Waals surface area (Å²) >= 11 is 0. The summed E-state index contributed by atoms with van der Waals surface area (Å²) in [5, 5.41) is 0. The quantitative estimate of drug-likeness (QED) is 0.467. The number of rotatable bonds is 4. The van der Waals surface area contributed by atoms with E-state index in [1.165, 1.54) is 32.6 Å². The fraction of sp³-hybridized carbons (Fsp3) is 0.688. The van der Waals surface area contributed by atoms with Crippen molar-refractivity contribution in [3.05, 3.63) is 0 Å². The largest absolute Gasteiger partial charge is 0.458 e. The van der Waals surface area contributed by atoms with Crippen LogP contribution < -0.4 is 0 Å². The van der Waals surface area contributed by atoms with Crippen LogP contribution in [-0.4, -0.2) is 71.7 Å². The van der Waals surface area contributed by atoms with Gasteiger partial charge in [0.2, 0.25) is 5.91 Å². The molecule has 0 aromatic rings. The molecule has 10 heteroatoms. The minimum Gasteiger partial charge on any atom is -0.458 e. The van der Waals surface area contributed by atoms with Gasteiger partial charge in [-0.25, -0.2) is 0 Å². The van der Waals surface area contributed by atoms with Gasteiger partial charge in [-0.15, -0.1) is 0 Å². The van der Waals surface area contributed by atoms with Crippen LogP contribution in [0.3, 0.4) is 0 Å². The summed E-state index contributed by atoms with van der Waals surface area (Å²) < 4.78 is 20.9. The zero-order valence-corrected chi connectivity index (χ0v) is 14.9. The fourth-order valence-electron chi connectivity index (χ4n) is 3.39. The van der Waals surface area contributed by atoms with Crippen LogP contribution in [-0.2, 0) is 42.9 Å². The van der Waals surface area contributed by atoms with Crippen LogP contribution in [0.1, 0.15) is 34.1 Å². The highest BCUT2D eigenvalue weighted by Gasteiger charge is 2.58. The van der Waals surface area contributed by atoms with E-state index in [1.54, 1.807) is 0 Å². The van der Waals surface area contributed by atoms with Gasteiger partial charge >= 0.3 is 23.9 Å².